The standard InChI is InChI=1S/C32H39F2N5O6SSi/c1-9-10-44-25-18-35-23(17-36-25)22(33)14-20-13-21(26(34)37-16-20)31(5)24-15-32(24,27(40)41)46-28(38-31)39(29(42)45-30(2,3)4)19-43-11-12-47(6,7)8/h1,13-14,16-18,24H,10-12,15,19H2,2-8H3,(H,40,41)/b22-14-. The van der Waals surface area contributed by atoms with Crippen LogP contribution in [0.4, 0.5) is 13.6 Å². The molecule has 0 radical (unpaired) electrons. The van der Waals surface area contributed by atoms with Crippen LogP contribution < -0.4 is 4.74 Å². The summed E-state index contributed by atoms with van der Waals surface area (Å²) in [4.78, 5) is 43.9. The normalized spacial score (nSPS) is 22.4. The van der Waals surface area contributed by atoms with Crippen molar-refractivity contribution in [3.8, 4) is 18.2 Å². The number of pyridine rings is 1. The van der Waals surface area contributed by atoms with Crippen LogP contribution in [0.5, 0.6) is 5.88 Å². The Labute approximate surface area is 278 Å². The van der Waals surface area contributed by atoms with Crippen LogP contribution in [0.2, 0.25) is 25.7 Å². The van der Waals surface area contributed by atoms with Gasteiger partial charge in [-0.25, -0.2) is 29.0 Å². The van der Waals surface area contributed by atoms with Gasteiger partial charge in [0.2, 0.25) is 11.8 Å². The van der Waals surface area contributed by atoms with E-state index in [9.17, 15) is 14.7 Å². The van der Waals surface area contributed by atoms with Crippen LogP contribution >= 0.6 is 11.8 Å². The Morgan fingerprint density at radius 3 is 2.55 bits per heavy atom. The summed E-state index contributed by atoms with van der Waals surface area (Å²) in [5, 5.41) is 10.4. The quantitative estimate of drug-likeness (QED) is 0.0956. The molecule has 2 aliphatic rings. The van der Waals surface area contributed by atoms with Crippen molar-refractivity contribution >= 4 is 49.0 Å². The fraction of sp³-hybridized carbons (Fsp3) is 0.500. The van der Waals surface area contributed by atoms with Crippen molar-refractivity contribution in [2.24, 2.45) is 10.9 Å². The average molecular weight is 688 g/mol. The number of fused-ring (bicyclic) bond motifs is 1. The number of thioether (sulfide) groups is 1. The lowest BCUT2D eigenvalue weighted by Crippen LogP contribution is -2.47. The number of carbonyl (C=O) groups excluding carboxylic acids is 1. The van der Waals surface area contributed by atoms with Gasteiger partial charge in [-0.05, 0) is 57.9 Å². The van der Waals surface area contributed by atoms with E-state index in [-0.39, 0.29) is 47.6 Å². The van der Waals surface area contributed by atoms with Crippen molar-refractivity contribution in [2.75, 3.05) is 19.9 Å². The minimum atomic E-state index is -1.50. The highest BCUT2D eigenvalue weighted by Gasteiger charge is 2.72. The second-order valence-electron chi connectivity index (χ2n) is 13.7. The van der Waals surface area contributed by atoms with E-state index in [1.165, 1.54) is 12.3 Å². The number of aliphatic carboxylic acids is 1. The molecule has 47 heavy (non-hydrogen) atoms. The molecule has 1 fully saturated rings. The molecule has 252 valence electrons. The first kappa shape index (κ1) is 36.0. The molecule has 11 nitrogen and oxygen atoms in total. The summed E-state index contributed by atoms with van der Waals surface area (Å²) in [7, 11) is -1.46. The number of terminal acetylenes is 1. The second kappa shape index (κ2) is 13.7. The molecular formula is C32H39F2N5O6SSi. The zero-order chi connectivity index (χ0) is 34.8. The van der Waals surface area contributed by atoms with E-state index in [1.807, 2.05) is 0 Å². The van der Waals surface area contributed by atoms with Gasteiger partial charge in [-0.15, -0.1) is 6.42 Å². The van der Waals surface area contributed by atoms with E-state index < -0.39 is 53.7 Å². The molecule has 1 saturated carbocycles. The van der Waals surface area contributed by atoms with Crippen molar-refractivity contribution in [1.82, 2.24) is 19.9 Å². The lowest BCUT2D eigenvalue weighted by atomic mass is 9.86. The van der Waals surface area contributed by atoms with E-state index >= 15 is 8.78 Å². The summed E-state index contributed by atoms with van der Waals surface area (Å²) in [5.41, 5.74) is -2.37. The zero-order valence-electron chi connectivity index (χ0n) is 27.5. The third-order valence-electron chi connectivity index (χ3n) is 7.49. The number of carbonyl (C=O) groups is 2. The highest BCUT2D eigenvalue weighted by molar-refractivity contribution is 8.15. The van der Waals surface area contributed by atoms with Crippen LogP contribution in [-0.4, -0.2) is 80.6 Å². The molecule has 2 aromatic heterocycles. The van der Waals surface area contributed by atoms with Gasteiger partial charge in [0.15, 0.2) is 17.6 Å². The second-order valence-corrected chi connectivity index (χ2v) is 20.6. The smallest absolute Gasteiger partial charge is 0.418 e. The Kier molecular flexibility index (Phi) is 10.5. The molecule has 3 unspecified atom stereocenters. The molecule has 15 heteroatoms. The van der Waals surface area contributed by atoms with Crippen molar-refractivity contribution in [1.29, 1.82) is 0 Å². The number of halogens is 2. The van der Waals surface area contributed by atoms with Gasteiger partial charge in [0.05, 0.1) is 17.9 Å². The summed E-state index contributed by atoms with van der Waals surface area (Å²) in [6.07, 6.45) is 9.14. The number of ether oxygens (including phenoxy) is 3. The molecule has 3 heterocycles. The van der Waals surface area contributed by atoms with Crippen LogP contribution in [0.3, 0.4) is 0 Å². The van der Waals surface area contributed by atoms with Crippen molar-refractivity contribution in [3.05, 3.63) is 47.4 Å². The fourth-order valence-electron chi connectivity index (χ4n) is 4.90. The number of nitrogens with zero attached hydrogens (tertiary/aromatic N) is 5. The van der Waals surface area contributed by atoms with Crippen LogP contribution in [0.1, 0.15) is 50.9 Å². The SMILES string of the molecule is C#CCOc1cnc(/C(F)=C/c2cnc(F)c(C3(C)N=C(N(COCC[Si](C)(C)C)C(=O)OC(C)(C)C)SC4(C(=O)O)CC43)c2)cn1. The zero-order valence-corrected chi connectivity index (χ0v) is 29.3. The topological polar surface area (TPSA) is 136 Å². The molecule has 3 atom stereocenters. The van der Waals surface area contributed by atoms with Gasteiger partial charge in [-0.3, -0.25) is 9.79 Å². The van der Waals surface area contributed by atoms with Crippen molar-refractivity contribution < 1.29 is 37.7 Å². The van der Waals surface area contributed by atoms with Crippen LogP contribution in [-0.2, 0) is 19.8 Å². The van der Waals surface area contributed by atoms with Gasteiger partial charge in [0.25, 0.3) is 0 Å². The molecule has 0 saturated heterocycles. The number of aromatic nitrogens is 3. The Bertz CT molecular complexity index is 1620. The largest absolute Gasteiger partial charge is 0.480 e. The van der Waals surface area contributed by atoms with Crippen LogP contribution in [0.15, 0.2) is 29.6 Å². The molecule has 0 aromatic carbocycles. The Morgan fingerprint density at radius 2 is 1.96 bits per heavy atom. The maximum Gasteiger partial charge on any atom is 0.418 e. The maximum atomic E-state index is 15.6. The number of carboxylic acid groups (broad SMARTS) is 1. The number of rotatable bonds is 11. The van der Waals surface area contributed by atoms with E-state index in [0.717, 1.165) is 41.2 Å². The number of hydrogen-bond acceptors (Lipinski definition) is 10. The lowest BCUT2D eigenvalue weighted by Gasteiger charge is -2.37. The van der Waals surface area contributed by atoms with E-state index in [1.54, 1.807) is 27.7 Å². The van der Waals surface area contributed by atoms with Crippen molar-refractivity contribution in [3.63, 3.8) is 0 Å². The number of carboxylic acids is 1. The first-order valence-corrected chi connectivity index (χ1v) is 19.4. The average Bonchev–Trinajstić information content (AvgIpc) is 3.73. The van der Waals surface area contributed by atoms with E-state index in [0.29, 0.717) is 6.61 Å². The van der Waals surface area contributed by atoms with Crippen molar-refractivity contribution in [2.45, 2.75) is 75.7 Å². The molecule has 1 aliphatic carbocycles. The fourth-order valence-corrected chi connectivity index (χ4v) is 7.17. The number of amidine groups is 1. The summed E-state index contributed by atoms with van der Waals surface area (Å²) >= 11 is 0.916. The number of hydrogen-bond donors (Lipinski definition) is 1. The lowest BCUT2D eigenvalue weighted by molar-refractivity contribution is -0.137. The predicted octanol–water partition coefficient (Wildman–Crippen LogP) is 6.20. The van der Waals surface area contributed by atoms with Gasteiger partial charge in [-0.1, -0.05) is 37.3 Å². The van der Waals surface area contributed by atoms with Gasteiger partial charge < -0.3 is 19.3 Å². The highest BCUT2D eigenvalue weighted by atomic mass is 32.2. The minimum absolute atomic E-state index is 0.0137. The molecule has 0 bridgehead atoms. The van der Waals surface area contributed by atoms with Crippen LogP contribution in [0, 0.1) is 24.2 Å². The predicted molar refractivity (Wildman–Crippen MR) is 177 cm³/mol. The van der Waals surface area contributed by atoms with E-state index in [2.05, 4.69) is 40.5 Å². The van der Waals surface area contributed by atoms with Gasteiger partial charge in [0, 0.05) is 32.4 Å². The summed E-state index contributed by atoms with van der Waals surface area (Å²) < 4.78 is 46.1. The first-order valence-electron chi connectivity index (χ1n) is 14.9. The Morgan fingerprint density at radius 1 is 1.23 bits per heavy atom. The number of amides is 1. The Balaban J connectivity index is 1.73. The summed E-state index contributed by atoms with van der Waals surface area (Å²) in [6.45, 7) is 13.4. The molecular weight excluding hydrogens is 649 g/mol. The highest BCUT2D eigenvalue weighted by Crippen LogP contribution is 2.66. The van der Waals surface area contributed by atoms with Gasteiger partial charge >= 0.3 is 12.1 Å². The van der Waals surface area contributed by atoms with Gasteiger partial charge in [-0.2, -0.15) is 4.39 Å². The third-order valence-corrected chi connectivity index (χ3v) is 10.7. The monoisotopic (exact) mass is 687 g/mol. The molecule has 1 amide bonds. The summed E-state index contributed by atoms with van der Waals surface area (Å²) in [5.74, 6) is -1.06. The Hall–Kier alpha value is -3.87. The molecule has 1 aliphatic heterocycles. The third kappa shape index (κ3) is 8.54. The molecule has 4 rings (SSSR count). The summed E-state index contributed by atoms with van der Waals surface area (Å²) in [6, 6.07) is 2.20. The van der Waals surface area contributed by atoms with Gasteiger partial charge in [0.1, 0.15) is 22.8 Å². The number of aliphatic imine (C=N–C) groups is 1. The van der Waals surface area contributed by atoms with E-state index in [4.69, 9.17) is 25.6 Å². The first-order chi connectivity index (χ1) is 21.9. The van der Waals surface area contributed by atoms with Crippen LogP contribution in [0.25, 0.3) is 11.9 Å². The molecule has 0 spiro atoms. The molecule has 2 aromatic rings. The molecule has 1 N–H and O–H groups in total. The maximum absolute atomic E-state index is 15.6. The minimum Gasteiger partial charge on any atom is -0.480 e.